The summed E-state index contributed by atoms with van der Waals surface area (Å²) in [6, 6.07) is -2.27. The van der Waals surface area contributed by atoms with Crippen molar-refractivity contribution in [3.8, 4) is 0 Å². The van der Waals surface area contributed by atoms with Crippen LogP contribution in [0.5, 0.6) is 0 Å². The summed E-state index contributed by atoms with van der Waals surface area (Å²) in [4.78, 5) is 5.88. The molecular formula is C22H30F4N4. The van der Waals surface area contributed by atoms with E-state index in [-0.39, 0.29) is 36.8 Å². The predicted octanol–water partition coefficient (Wildman–Crippen LogP) is 6.19. The molecule has 166 valence electrons. The molecule has 8 heteroatoms. The Bertz CT molecular complexity index is 806. The molecule has 2 atom stereocenters. The summed E-state index contributed by atoms with van der Waals surface area (Å²) in [6.07, 6.45) is 5.36. The summed E-state index contributed by atoms with van der Waals surface area (Å²) >= 11 is 0. The Kier molecular flexibility index (Phi) is 8.18. The smallest absolute Gasteiger partial charge is 0.348 e. The van der Waals surface area contributed by atoms with Crippen molar-refractivity contribution in [3.63, 3.8) is 0 Å². The zero-order chi connectivity index (χ0) is 22.5. The minimum atomic E-state index is -3.90. The number of benzene rings is 1. The van der Waals surface area contributed by atoms with Crippen molar-refractivity contribution in [1.82, 2.24) is 10.0 Å². The molecule has 1 aromatic rings. The van der Waals surface area contributed by atoms with Crippen molar-refractivity contribution < 1.29 is 17.7 Å². The first-order valence-electron chi connectivity index (χ1n) is 10.3. The Balaban J connectivity index is 0.00000101. The maximum Gasteiger partial charge on any atom is 0.357 e. The summed E-state index contributed by atoms with van der Waals surface area (Å²) < 4.78 is 57.6. The lowest BCUT2D eigenvalue weighted by Gasteiger charge is -2.34. The van der Waals surface area contributed by atoms with Gasteiger partial charge in [-0.2, -0.15) is 8.78 Å². The zero-order valence-electron chi connectivity index (χ0n) is 17.9. The normalized spacial score (nSPS) is 23.9. The third-order valence-corrected chi connectivity index (χ3v) is 5.14. The molecule has 1 fully saturated rings. The maximum absolute atomic E-state index is 14.6. The Morgan fingerprint density at radius 3 is 2.43 bits per heavy atom. The third kappa shape index (κ3) is 5.09. The fourth-order valence-electron chi connectivity index (χ4n) is 3.84. The van der Waals surface area contributed by atoms with Gasteiger partial charge in [0, 0.05) is 30.4 Å². The number of hydrogen-bond acceptors (Lipinski definition) is 3. The van der Waals surface area contributed by atoms with Crippen molar-refractivity contribution in [2.45, 2.75) is 78.1 Å². The van der Waals surface area contributed by atoms with Gasteiger partial charge in [0.2, 0.25) is 0 Å². The van der Waals surface area contributed by atoms with Gasteiger partial charge in [0.05, 0.1) is 0 Å². The molecule has 0 radical (unpaired) electrons. The fraction of sp³-hybridized carbons (Fsp3) is 0.545. The van der Waals surface area contributed by atoms with Crippen LogP contribution in [0.15, 0.2) is 35.0 Å². The Labute approximate surface area is 175 Å². The molecule has 0 amide bonds. The van der Waals surface area contributed by atoms with Crippen LogP contribution in [0.1, 0.15) is 64.5 Å². The van der Waals surface area contributed by atoms with Gasteiger partial charge in [-0.3, -0.25) is 10.4 Å². The van der Waals surface area contributed by atoms with E-state index in [1.54, 1.807) is 31.0 Å². The molecule has 1 aliphatic carbocycles. The van der Waals surface area contributed by atoms with E-state index < -0.39 is 28.6 Å². The van der Waals surface area contributed by atoms with Crippen LogP contribution in [0.25, 0.3) is 0 Å². The number of alkyl halides is 2. The van der Waals surface area contributed by atoms with E-state index in [2.05, 4.69) is 18.8 Å². The van der Waals surface area contributed by atoms with Gasteiger partial charge < -0.3 is 4.90 Å². The molecule has 2 aliphatic rings. The number of aliphatic imine (C=N–C) groups is 1. The monoisotopic (exact) mass is 426 g/mol. The minimum absolute atomic E-state index is 0.0833. The average Bonchev–Trinajstić information content (AvgIpc) is 3.18. The van der Waals surface area contributed by atoms with Gasteiger partial charge in [-0.15, -0.1) is 4.48 Å². The van der Waals surface area contributed by atoms with Crippen LogP contribution in [0.4, 0.5) is 17.7 Å². The summed E-state index contributed by atoms with van der Waals surface area (Å²) in [5.74, 6) is -0.738. The van der Waals surface area contributed by atoms with Gasteiger partial charge in [-0.1, -0.05) is 31.5 Å². The second-order valence-electron chi connectivity index (χ2n) is 7.57. The van der Waals surface area contributed by atoms with Gasteiger partial charge in [0.1, 0.15) is 17.3 Å². The highest BCUT2D eigenvalue weighted by molar-refractivity contribution is 5.96. The van der Waals surface area contributed by atoms with Crippen molar-refractivity contribution >= 4 is 12.1 Å². The SMILES string of the molecule is CC=N/C(=C\C)C(=N)N1Cc2cc(F)cc(c2)C(F)(F)N(F)C2CCC1C2.CCC. The number of halogens is 4. The standard InChI is InChI=1S/C19H22F4N4.C3H8/c1-3-17(25-4-2)18(24)26-11-12-7-13(9-14(20)8-12)19(21,22)27(23)16-6-5-15(26)10-16;1-3-2/h3-4,7-9,15-16,24H,5-6,10-11H2,1-2H3;3H2,1-2H3/b17-3-,24-18?,25-4?;. The Morgan fingerprint density at radius 1 is 1.20 bits per heavy atom. The summed E-state index contributed by atoms with van der Waals surface area (Å²) in [5, 5.41) is 8.09. The van der Waals surface area contributed by atoms with Gasteiger partial charge >= 0.3 is 6.05 Å². The van der Waals surface area contributed by atoms with Crippen LogP contribution in [0, 0.1) is 11.2 Å². The molecule has 3 rings (SSSR count). The molecule has 1 heterocycles. The lowest BCUT2D eigenvalue weighted by atomic mass is 10.0. The molecule has 1 N–H and O–H groups in total. The van der Waals surface area contributed by atoms with E-state index in [1.165, 1.54) is 6.42 Å². The molecule has 2 unspecified atom stereocenters. The molecule has 1 saturated carbocycles. The molecule has 4 nitrogen and oxygen atoms in total. The fourth-order valence-corrected chi connectivity index (χ4v) is 3.84. The Hall–Kier alpha value is -2.22. The lowest BCUT2D eigenvalue weighted by Crippen LogP contribution is -2.43. The van der Waals surface area contributed by atoms with Crippen LogP contribution in [-0.4, -0.2) is 34.2 Å². The molecule has 1 aromatic carbocycles. The van der Waals surface area contributed by atoms with Gasteiger partial charge in [-0.05, 0) is 56.9 Å². The third-order valence-electron chi connectivity index (χ3n) is 5.14. The predicted molar refractivity (Wildman–Crippen MR) is 112 cm³/mol. The Morgan fingerprint density at radius 2 is 1.83 bits per heavy atom. The molecule has 0 spiro atoms. The number of rotatable bonds is 2. The molecule has 30 heavy (non-hydrogen) atoms. The molecule has 4 bridgehead atoms. The zero-order valence-corrected chi connectivity index (χ0v) is 17.9. The van der Waals surface area contributed by atoms with E-state index in [0.717, 1.165) is 12.1 Å². The van der Waals surface area contributed by atoms with Crippen LogP contribution < -0.4 is 0 Å². The first-order valence-corrected chi connectivity index (χ1v) is 10.3. The van der Waals surface area contributed by atoms with Crippen molar-refractivity contribution in [2.75, 3.05) is 0 Å². The number of amidine groups is 1. The highest BCUT2D eigenvalue weighted by atomic mass is 19.3. The number of hydrogen-bond donors (Lipinski definition) is 1. The van der Waals surface area contributed by atoms with Crippen molar-refractivity contribution in [3.05, 3.63) is 46.9 Å². The van der Waals surface area contributed by atoms with Gasteiger partial charge in [0.25, 0.3) is 0 Å². The first-order chi connectivity index (χ1) is 14.2. The lowest BCUT2D eigenvalue weighted by molar-refractivity contribution is -0.264. The second kappa shape index (κ2) is 10.2. The number of nitrogens with zero attached hydrogens (tertiary/aromatic N) is 3. The van der Waals surface area contributed by atoms with Crippen LogP contribution in [-0.2, 0) is 12.6 Å². The summed E-state index contributed by atoms with van der Waals surface area (Å²) in [5.41, 5.74) is -0.0177. The molecule has 0 saturated heterocycles. The quantitative estimate of drug-likeness (QED) is 0.202. The highest BCUT2D eigenvalue weighted by Crippen LogP contribution is 2.41. The van der Waals surface area contributed by atoms with Crippen LogP contribution in [0.2, 0.25) is 0 Å². The summed E-state index contributed by atoms with van der Waals surface area (Å²) in [7, 11) is 0. The number of allylic oxidation sites excluding steroid dienone is 1. The topological polar surface area (TPSA) is 42.7 Å². The first kappa shape index (κ1) is 24.1. The van der Waals surface area contributed by atoms with E-state index in [4.69, 9.17) is 5.41 Å². The van der Waals surface area contributed by atoms with E-state index in [9.17, 15) is 17.7 Å². The highest BCUT2D eigenvalue weighted by Gasteiger charge is 2.48. The molecule has 1 aliphatic heterocycles. The van der Waals surface area contributed by atoms with Crippen LogP contribution in [0.3, 0.4) is 0 Å². The molecule has 0 aromatic heterocycles. The van der Waals surface area contributed by atoms with Crippen LogP contribution >= 0.6 is 0 Å². The largest absolute Gasteiger partial charge is 0.357 e. The van der Waals surface area contributed by atoms with E-state index >= 15 is 0 Å². The van der Waals surface area contributed by atoms with E-state index in [1.807, 2.05) is 0 Å². The second-order valence-corrected chi connectivity index (χ2v) is 7.57. The van der Waals surface area contributed by atoms with Crippen molar-refractivity contribution in [1.29, 1.82) is 5.41 Å². The van der Waals surface area contributed by atoms with Gasteiger partial charge in [0.15, 0.2) is 0 Å². The van der Waals surface area contributed by atoms with Gasteiger partial charge in [-0.25, -0.2) is 4.39 Å². The molecular weight excluding hydrogens is 396 g/mol. The van der Waals surface area contributed by atoms with E-state index in [0.29, 0.717) is 18.2 Å². The number of nitrogens with one attached hydrogen (secondary N) is 1. The maximum atomic E-state index is 14.6. The number of fused-ring (bicyclic) bond motifs is 4. The minimum Gasteiger partial charge on any atom is -0.348 e. The van der Waals surface area contributed by atoms with Crippen molar-refractivity contribution in [2.24, 2.45) is 4.99 Å². The summed E-state index contributed by atoms with van der Waals surface area (Å²) in [6.45, 7) is 7.81. The average molecular weight is 427 g/mol.